The Labute approximate surface area is 290 Å². The second-order valence-electron chi connectivity index (χ2n) is 11.1. The molecule has 9 nitrogen and oxygen atoms in total. The van der Waals surface area contributed by atoms with E-state index in [1.165, 1.54) is 18.6 Å². The van der Waals surface area contributed by atoms with Gasteiger partial charge in [0, 0.05) is 41.8 Å². The third kappa shape index (κ3) is 9.64. The quantitative estimate of drug-likeness (QED) is 0.225. The van der Waals surface area contributed by atoms with Gasteiger partial charge >= 0.3 is 6.01 Å². The number of alkyl halides is 1. The molecule has 250 valence electrons. The molecular weight excluding hydrogens is 645 g/mol. The van der Waals surface area contributed by atoms with Gasteiger partial charge in [0.25, 0.3) is 0 Å². The van der Waals surface area contributed by atoms with Crippen LogP contribution in [0.25, 0.3) is 15.6 Å². The van der Waals surface area contributed by atoms with Crippen molar-refractivity contribution in [1.29, 1.82) is 0 Å². The first-order chi connectivity index (χ1) is 21.3. The molecule has 0 unspecified atom stereocenters. The predicted octanol–water partition coefficient (Wildman–Crippen LogP) is 5.80. The molecule has 0 aliphatic carbocycles. The van der Waals surface area contributed by atoms with Crippen molar-refractivity contribution < 1.29 is 13.9 Å². The first kappa shape index (κ1) is 38.9. The SMILES string of the molecule is CN1CCC[C@H]1COc1nc(N)c2c(n1)CN(c1cccc3cccc(Cl)c13)CC2.S.S.[C-]#[N+]C[C@@H](C)N(CC)C(=O)/C=C/CF. The van der Waals surface area contributed by atoms with Crippen molar-refractivity contribution in [3.8, 4) is 6.01 Å². The van der Waals surface area contributed by atoms with E-state index in [1.54, 1.807) is 4.90 Å². The second-order valence-corrected chi connectivity index (χ2v) is 11.5. The first-order valence-corrected chi connectivity index (χ1v) is 15.4. The highest BCUT2D eigenvalue weighted by atomic mass is 35.5. The van der Waals surface area contributed by atoms with E-state index in [1.807, 2.05) is 26.0 Å². The fourth-order valence-electron chi connectivity index (χ4n) is 5.76. The van der Waals surface area contributed by atoms with Crippen molar-refractivity contribution in [3.05, 3.63) is 76.2 Å². The van der Waals surface area contributed by atoms with E-state index >= 15 is 0 Å². The number of likely N-dealkylation sites (N-methyl/N-ethyl adjacent to an activating group) is 2. The van der Waals surface area contributed by atoms with Crippen LogP contribution in [-0.2, 0) is 17.8 Å². The van der Waals surface area contributed by atoms with Gasteiger partial charge in [0.2, 0.25) is 12.5 Å². The minimum atomic E-state index is -0.638. The molecule has 3 heterocycles. The van der Waals surface area contributed by atoms with Gasteiger partial charge in [-0.2, -0.15) is 37.0 Å². The highest BCUT2D eigenvalue weighted by Crippen LogP contribution is 2.36. The molecule has 1 fully saturated rings. The Bertz CT molecular complexity index is 1520. The lowest BCUT2D eigenvalue weighted by Crippen LogP contribution is -2.38. The average Bonchev–Trinajstić information content (AvgIpc) is 3.43. The topological polar surface area (TPSA) is 92.2 Å². The number of aromatic nitrogens is 2. The first-order valence-electron chi connectivity index (χ1n) is 15.0. The maximum Gasteiger partial charge on any atom is 0.318 e. The number of nitrogens with two attached hydrogens (primary N) is 1. The van der Waals surface area contributed by atoms with Crippen LogP contribution in [0.15, 0.2) is 48.6 Å². The molecule has 1 saturated heterocycles. The molecule has 5 rings (SSSR count). The van der Waals surface area contributed by atoms with E-state index in [4.69, 9.17) is 33.6 Å². The number of nitrogens with zero attached hydrogens (tertiary/aromatic N) is 6. The molecule has 3 aromatic rings. The van der Waals surface area contributed by atoms with Crippen molar-refractivity contribution in [1.82, 2.24) is 19.8 Å². The van der Waals surface area contributed by atoms with Crippen LogP contribution in [0, 0.1) is 6.57 Å². The molecule has 2 N–H and O–H groups in total. The molecule has 0 saturated carbocycles. The summed E-state index contributed by atoms with van der Waals surface area (Å²) >= 11 is 6.55. The molecule has 46 heavy (non-hydrogen) atoms. The zero-order valence-corrected chi connectivity index (χ0v) is 29.4. The van der Waals surface area contributed by atoms with Crippen molar-refractivity contribution >= 4 is 66.8 Å². The largest absolute Gasteiger partial charge is 0.462 e. The maximum atomic E-state index is 11.8. The maximum absolute atomic E-state index is 11.8. The fourth-order valence-corrected chi connectivity index (χ4v) is 6.04. The molecule has 0 radical (unpaired) electrons. The molecule has 0 spiro atoms. The smallest absolute Gasteiger partial charge is 0.318 e. The Kier molecular flexibility index (Phi) is 15.9. The predicted molar refractivity (Wildman–Crippen MR) is 195 cm³/mol. The third-order valence-corrected chi connectivity index (χ3v) is 8.50. The van der Waals surface area contributed by atoms with E-state index in [2.05, 4.69) is 50.9 Å². The van der Waals surface area contributed by atoms with Crippen LogP contribution in [-0.4, -0.2) is 84.3 Å². The summed E-state index contributed by atoms with van der Waals surface area (Å²) in [5, 5.41) is 2.98. The van der Waals surface area contributed by atoms with Crippen molar-refractivity contribution in [3.63, 3.8) is 0 Å². The lowest BCUT2D eigenvalue weighted by atomic mass is 10.0. The van der Waals surface area contributed by atoms with Crippen LogP contribution in [0.1, 0.15) is 37.9 Å². The summed E-state index contributed by atoms with van der Waals surface area (Å²) < 4.78 is 17.7. The summed E-state index contributed by atoms with van der Waals surface area (Å²) in [6.45, 7) is 13.7. The second kappa shape index (κ2) is 18.8. The number of ether oxygens (including phenoxy) is 1. The van der Waals surface area contributed by atoms with E-state index in [0.29, 0.717) is 37.6 Å². The number of carbonyl (C=O) groups is 1. The van der Waals surface area contributed by atoms with Gasteiger partial charge < -0.3 is 30.0 Å². The van der Waals surface area contributed by atoms with E-state index in [0.717, 1.165) is 58.7 Å². The van der Waals surface area contributed by atoms with Gasteiger partial charge in [-0.05, 0) is 70.3 Å². The number of fused-ring (bicyclic) bond motifs is 2. The van der Waals surface area contributed by atoms with Crippen LogP contribution >= 0.6 is 38.6 Å². The summed E-state index contributed by atoms with van der Waals surface area (Å²) in [5.74, 6) is 0.298. The van der Waals surface area contributed by atoms with Crippen molar-refractivity contribution in [2.75, 3.05) is 57.1 Å². The Balaban J connectivity index is 0.000000397. The average molecular weight is 690 g/mol. The minimum absolute atomic E-state index is 0. The number of nitrogen functional groups attached to an aromatic ring is 1. The Morgan fingerprint density at radius 3 is 2.65 bits per heavy atom. The monoisotopic (exact) mass is 689 g/mol. The molecule has 1 aromatic heterocycles. The van der Waals surface area contributed by atoms with E-state index in [-0.39, 0.29) is 45.5 Å². The number of halogens is 2. The molecule has 0 bridgehead atoms. The summed E-state index contributed by atoms with van der Waals surface area (Å²) in [6, 6.07) is 13.0. The Morgan fingerprint density at radius 2 is 2.00 bits per heavy atom. The van der Waals surface area contributed by atoms with Gasteiger partial charge in [0.05, 0.1) is 17.3 Å². The number of anilines is 2. The zero-order chi connectivity index (χ0) is 31.6. The highest BCUT2D eigenvalue weighted by molar-refractivity contribution is 7.59. The lowest BCUT2D eigenvalue weighted by molar-refractivity contribution is -0.127. The van der Waals surface area contributed by atoms with E-state index in [9.17, 15) is 9.18 Å². The molecular formula is C33H45ClFN7O2S2. The minimum Gasteiger partial charge on any atom is -0.462 e. The molecule has 2 atom stereocenters. The summed E-state index contributed by atoms with van der Waals surface area (Å²) in [7, 11) is 2.14. The van der Waals surface area contributed by atoms with Crippen LogP contribution in [0.3, 0.4) is 0 Å². The van der Waals surface area contributed by atoms with Crippen LogP contribution < -0.4 is 15.4 Å². The number of hydrogen-bond donors (Lipinski definition) is 1. The van der Waals surface area contributed by atoms with Gasteiger partial charge in [-0.15, -0.1) is 0 Å². The fraction of sp³-hybridized carbons (Fsp3) is 0.455. The number of benzene rings is 2. The number of allylic oxidation sites excluding steroid dienone is 1. The highest BCUT2D eigenvalue weighted by Gasteiger charge is 2.25. The van der Waals surface area contributed by atoms with Gasteiger partial charge in [0.15, 0.2) is 0 Å². The van der Waals surface area contributed by atoms with Gasteiger partial charge in [-0.3, -0.25) is 4.79 Å². The van der Waals surface area contributed by atoms with Crippen LogP contribution in [0.5, 0.6) is 6.01 Å². The van der Waals surface area contributed by atoms with Crippen molar-refractivity contribution in [2.45, 2.75) is 51.7 Å². The summed E-state index contributed by atoms with van der Waals surface area (Å²) in [5.41, 5.74) is 9.36. The summed E-state index contributed by atoms with van der Waals surface area (Å²) in [6.07, 6.45) is 5.54. The number of carbonyl (C=O) groups excluding carboxylic acids is 1. The Hall–Kier alpha value is -3.24. The molecule has 2 aromatic carbocycles. The molecule has 2 aliphatic heterocycles. The zero-order valence-electron chi connectivity index (χ0n) is 26.7. The molecule has 13 heteroatoms. The van der Waals surface area contributed by atoms with Gasteiger partial charge in [-0.25, -0.2) is 11.0 Å². The van der Waals surface area contributed by atoms with Crippen LogP contribution in [0.4, 0.5) is 15.9 Å². The summed E-state index contributed by atoms with van der Waals surface area (Å²) in [4.78, 5) is 30.0. The number of hydrogen-bond acceptors (Lipinski definition) is 7. The van der Waals surface area contributed by atoms with E-state index < -0.39 is 6.67 Å². The van der Waals surface area contributed by atoms with Crippen molar-refractivity contribution in [2.24, 2.45) is 0 Å². The molecule has 1 amide bonds. The standard InChI is InChI=1S/C23H26ClN5O.C10H15FN2O.2H2S/c1-28-11-4-7-16(28)14-30-23-26-19-13-29(12-10-17(19)22(25)27-23)20-9-3-6-15-5-2-8-18(24)21(15)20;1-4-13(9(2)8-12-3)10(14)6-5-7-11;;/h2-3,5-6,8-9,16H,4,7,10-14H2,1H3,(H2,25,26,27);5-6,9H,4,7-8H2,1-2H3;2*1H2/b;6-5+;;/t16-;9-;;/m01../s1. The molecule has 2 aliphatic rings. The van der Waals surface area contributed by atoms with Gasteiger partial charge in [-0.1, -0.05) is 35.9 Å². The number of likely N-dealkylation sites (tertiary alicyclic amines) is 1. The third-order valence-electron chi connectivity index (χ3n) is 8.19. The number of amides is 1. The lowest BCUT2D eigenvalue weighted by Gasteiger charge is -2.31. The number of rotatable bonds is 9. The Morgan fingerprint density at radius 1 is 1.26 bits per heavy atom. The van der Waals surface area contributed by atoms with Crippen LogP contribution in [0.2, 0.25) is 5.02 Å². The van der Waals surface area contributed by atoms with Gasteiger partial charge in [0.1, 0.15) is 25.1 Å². The normalized spacial score (nSPS) is 16.3.